The van der Waals surface area contributed by atoms with E-state index in [-0.39, 0.29) is 16.7 Å². The van der Waals surface area contributed by atoms with Gasteiger partial charge in [0.05, 0.1) is 17.9 Å². The molecule has 0 radical (unpaired) electrons. The van der Waals surface area contributed by atoms with Gasteiger partial charge >= 0.3 is 0 Å². The quantitative estimate of drug-likeness (QED) is 0.707. The smallest absolute Gasteiger partial charge is 0.246 e. The Bertz CT molecular complexity index is 1050. The molecule has 1 atom stereocenters. The Morgan fingerprint density at radius 3 is 2.70 bits per heavy atom. The second-order valence-corrected chi connectivity index (χ2v) is 8.13. The minimum absolute atomic E-state index is 0.0587. The highest BCUT2D eigenvalue weighted by molar-refractivity contribution is 7.89. The van der Waals surface area contributed by atoms with E-state index in [1.165, 1.54) is 28.8 Å². The molecule has 1 fully saturated rings. The Hall–Kier alpha value is -2.85. The van der Waals surface area contributed by atoms with Crippen LogP contribution in [-0.2, 0) is 10.0 Å². The van der Waals surface area contributed by atoms with Gasteiger partial charge in [-0.3, -0.25) is 5.10 Å². The first-order valence-corrected chi connectivity index (χ1v) is 9.80. The summed E-state index contributed by atoms with van der Waals surface area (Å²) in [7, 11) is -3.73. The number of H-pyrrole nitrogens is 1. The molecule has 10 heteroatoms. The predicted octanol–water partition coefficient (Wildman–Crippen LogP) is 2.11. The zero-order valence-electron chi connectivity index (χ0n) is 14.2. The number of aromatic nitrogens is 4. The second kappa shape index (κ2) is 6.71. The number of hydrogen-bond acceptors (Lipinski definition) is 6. The largest absolute Gasteiger partial charge is 0.368 e. The van der Waals surface area contributed by atoms with E-state index in [0.29, 0.717) is 36.2 Å². The van der Waals surface area contributed by atoms with Gasteiger partial charge in [0.1, 0.15) is 10.7 Å². The molecule has 1 aliphatic heterocycles. The highest BCUT2D eigenvalue weighted by Crippen LogP contribution is 2.39. The summed E-state index contributed by atoms with van der Waals surface area (Å²) in [6, 6.07) is 5.40. The van der Waals surface area contributed by atoms with Gasteiger partial charge in [-0.15, -0.1) is 0 Å². The molecule has 4 rings (SSSR count). The van der Waals surface area contributed by atoms with Crippen molar-refractivity contribution in [1.82, 2.24) is 24.5 Å². The molecular weight excluding hydrogens is 371 g/mol. The van der Waals surface area contributed by atoms with Crippen LogP contribution in [0.1, 0.15) is 24.6 Å². The predicted molar refractivity (Wildman–Crippen MR) is 96.3 cm³/mol. The number of hydrogen-bond donors (Lipinski definition) is 2. The van der Waals surface area contributed by atoms with Crippen molar-refractivity contribution < 1.29 is 12.8 Å². The van der Waals surface area contributed by atoms with E-state index in [2.05, 4.69) is 20.2 Å². The molecule has 27 heavy (non-hydrogen) atoms. The van der Waals surface area contributed by atoms with Crippen LogP contribution in [0.25, 0.3) is 11.1 Å². The second-order valence-electron chi connectivity index (χ2n) is 6.24. The van der Waals surface area contributed by atoms with Crippen molar-refractivity contribution >= 4 is 16.0 Å². The van der Waals surface area contributed by atoms with E-state index >= 15 is 0 Å². The fraction of sp³-hybridized carbons (Fsp3) is 0.235. The zero-order chi connectivity index (χ0) is 19.0. The highest BCUT2D eigenvalue weighted by Gasteiger charge is 2.38. The minimum Gasteiger partial charge on any atom is -0.368 e. The molecule has 0 saturated carbocycles. The van der Waals surface area contributed by atoms with Gasteiger partial charge in [-0.05, 0) is 30.5 Å². The van der Waals surface area contributed by atoms with Gasteiger partial charge in [-0.2, -0.15) is 9.40 Å². The van der Waals surface area contributed by atoms with E-state index in [1.54, 1.807) is 18.3 Å². The van der Waals surface area contributed by atoms with Crippen molar-refractivity contribution in [2.45, 2.75) is 23.8 Å². The Balaban J connectivity index is 1.80. The number of aromatic amines is 1. The normalized spacial score (nSPS) is 18.0. The number of nitrogens with two attached hydrogens (primary N) is 1. The molecule has 0 aliphatic carbocycles. The highest BCUT2D eigenvalue weighted by atomic mass is 32.2. The maximum atomic E-state index is 13.3. The molecule has 0 bridgehead atoms. The maximum Gasteiger partial charge on any atom is 0.246 e. The van der Waals surface area contributed by atoms with E-state index in [4.69, 9.17) is 5.73 Å². The Kier molecular flexibility index (Phi) is 4.36. The molecule has 140 valence electrons. The molecule has 3 aromatic rings. The molecule has 3 heterocycles. The summed E-state index contributed by atoms with van der Waals surface area (Å²) in [6.07, 6.45) is 5.46. The van der Waals surface area contributed by atoms with Crippen molar-refractivity contribution in [1.29, 1.82) is 0 Å². The number of sulfonamides is 1. The number of halogens is 1. The third-order valence-corrected chi connectivity index (χ3v) is 6.46. The molecule has 1 saturated heterocycles. The average Bonchev–Trinajstić information content (AvgIpc) is 3.35. The summed E-state index contributed by atoms with van der Waals surface area (Å²) >= 11 is 0. The van der Waals surface area contributed by atoms with Crippen LogP contribution in [0.5, 0.6) is 0 Å². The van der Waals surface area contributed by atoms with Crippen molar-refractivity contribution in [3.63, 3.8) is 0 Å². The molecule has 2 aromatic heterocycles. The van der Waals surface area contributed by atoms with Crippen LogP contribution in [0.2, 0.25) is 0 Å². The van der Waals surface area contributed by atoms with Crippen LogP contribution >= 0.6 is 0 Å². The van der Waals surface area contributed by atoms with Gasteiger partial charge in [0.25, 0.3) is 0 Å². The van der Waals surface area contributed by atoms with Gasteiger partial charge in [0.2, 0.25) is 16.0 Å². The number of rotatable bonds is 4. The van der Waals surface area contributed by atoms with Crippen LogP contribution in [0.3, 0.4) is 0 Å². The molecule has 0 spiro atoms. The zero-order valence-corrected chi connectivity index (χ0v) is 15.0. The van der Waals surface area contributed by atoms with Crippen molar-refractivity contribution in [2.24, 2.45) is 0 Å². The van der Waals surface area contributed by atoms with Gasteiger partial charge in [-0.25, -0.2) is 22.8 Å². The molecule has 1 aliphatic rings. The summed E-state index contributed by atoms with van der Waals surface area (Å²) < 4.78 is 40.7. The van der Waals surface area contributed by atoms with Crippen LogP contribution in [0.4, 0.5) is 10.3 Å². The lowest BCUT2D eigenvalue weighted by Crippen LogP contribution is -2.31. The van der Waals surface area contributed by atoms with Crippen molar-refractivity contribution in [3.8, 4) is 11.1 Å². The topological polar surface area (TPSA) is 118 Å². The number of nitrogens with zero attached hydrogens (tertiary/aromatic N) is 4. The molecule has 0 unspecified atom stereocenters. The molecule has 0 amide bonds. The van der Waals surface area contributed by atoms with Crippen molar-refractivity contribution in [3.05, 3.63) is 54.4 Å². The van der Waals surface area contributed by atoms with Crippen LogP contribution in [-0.4, -0.2) is 39.4 Å². The van der Waals surface area contributed by atoms with E-state index in [1.807, 2.05) is 0 Å². The summed E-state index contributed by atoms with van der Waals surface area (Å²) in [5.74, 6) is -0.301. The summed E-state index contributed by atoms with van der Waals surface area (Å²) in [5.41, 5.74) is 7.62. The van der Waals surface area contributed by atoms with Gasteiger partial charge in [-0.1, -0.05) is 12.1 Å². The number of benzene rings is 1. The van der Waals surface area contributed by atoms with Crippen LogP contribution in [0, 0.1) is 5.82 Å². The Labute approximate surface area is 155 Å². The third-order valence-electron chi connectivity index (χ3n) is 4.59. The number of nitrogens with one attached hydrogen (secondary N) is 1. The summed E-state index contributed by atoms with van der Waals surface area (Å²) in [5, 5.41) is 6.26. The SMILES string of the molecule is Nc1ncc(-c2ccc(F)cc2)c([C@@H]2CCCN2S(=O)(=O)c2cn[nH]c2)n1. The standard InChI is InChI=1S/C17H17FN6O2S/c18-12-5-3-11(4-6-12)14-10-20-17(19)23-16(14)15-2-1-7-24(15)27(25,26)13-8-21-22-9-13/h3-6,8-10,15H,1-2,7H2,(H,21,22)(H2,19,20,23)/t15-/m0/s1. The first-order chi connectivity index (χ1) is 13.0. The third kappa shape index (κ3) is 3.17. The Morgan fingerprint density at radius 2 is 2.00 bits per heavy atom. The number of nitrogen functional groups attached to an aromatic ring is 1. The molecule has 1 aromatic carbocycles. The van der Waals surface area contributed by atoms with Gasteiger partial charge in [0.15, 0.2) is 0 Å². The minimum atomic E-state index is -3.73. The molecular formula is C17H17FN6O2S. The Morgan fingerprint density at radius 1 is 1.22 bits per heavy atom. The molecule has 8 nitrogen and oxygen atoms in total. The maximum absolute atomic E-state index is 13.3. The first kappa shape index (κ1) is 17.6. The fourth-order valence-electron chi connectivity index (χ4n) is 3.33. The monoisotopic (exact) mass is 388 g/mol. The summed E-state index contributed by atoms with van der Waals surface area (Å²) in [6.45, 7) is 0.366. The van der Waals surface area contributed by atoms with E-state index in [0.717, 1.165) is 0 Å². The lowest BCUT2D eigenvalue weighted by atomic mass is 10.0. The van der Waals surface area contributed by atoms with Gasteiger partial charge < -0.3 is 5.73 Å². The van der Waals surface area contributed by atoms with Crippen LogP contribution in [0.15, 0.2) is 47.8 Å². The lowest BCUT2D eigenvalue weighted by Gasteiger charge is -2.24. The average molecular weight is 388 g/mol. The van der Waals surface area contributed by atoms with Crippen LogP contribution < -0.4 is 5.73 Å². The van der Waals surface area contributed by atoms with E-state index < -0.39 is 16.1 Å². The van der Waals surface area contributed by atoms with Crippen molar-refractivity contribution in [2.75, 3.05) is 12.3 Å². The fourth-order valence-corrected chi connectivity index (χ4v) is 4.90. The van der Waals surface area contributed by atoms with E-state index in [9.17, 15) is 12.8 Å². The van der Waals surface area contributed by atoms with Gasteiger partial charge in [0, 0.05) is 24.5 Å². The first-order valence-electron chi connectivity index (χ1n) is 8.36. The molecule has 3 N–H and O–H groups in total. The lowest BCUT2D eigenvalue weighted by molar-refractivity contribution is 0.391. The number of anilines is 1. The summed E-state index contributed by atoms with van der Waals surface area (Å²) in [4.78, 5) is 8.48.